The molecule has 1 aliphatic carbocycles. The first-order valence-electron chi connectivity index (χ1n) is 6.93. The maximum Gasteiger partial charge on any atom is 0.335 e. The SMILES string of the molecule is CCCC1(CNC(=O)Nc2cccc(C(=O)O)c2)CC1. The lowest BCUT2D eigenvalue weighted by Gasteiger charge is -2.15. The van der Waals surface area contributed by atoms with Crippen molar-refractivity contribution < 1.29 is 14.7 Å². The molecule has 20 heavy (non-hydrogen) atoms. The quantitative estimate of drug-likeness (QED) is 0.747. The average molecular weight is 276 g/mol. The molecular formula is C15H20N2O3. The predicted octanol–water partition coefficient (Wildman–Crippen LogP) is 3.09. The number of hydrogen-bond donors (Lipinski definition) is 3. The molecule has 5 heteroatoms. The first-order valence-corrected chi connectivity index (χ1v) is 6.93. The molecule has 3 N–H and O–H groups in total. The third-order valence-electron chi connectivity index (χ3n) is 3.73. The van der Waals surface area contributed by atoms with Gasteiger partial charge in [-0.2, -0.15) is 0 Å². The second-order valence-corrected chi connectivity index (χ2v) is 5.44. The van der Waals surface area contributed by atoms with E-state index in [0.29, 0.717) is 17.6 Å². The highest BCUT2D eigenvalue weighted by molar-refractivity contribution is 5.93. The van der Waals surface area contributed by atoms with Crippen molar-refractivity contribution in [1.29, 1.82) is 0 Å². The lowest BCUT2D eigenvalue weighted by molar-refractivity contribution is 0.0697. The predicted molar refractivity (Wildman–Crippen MR) is 77.0 cm³/mol. The largest absolute Gasteiger partial charge is 0.478 e. The van der Waals surface area contributed by atoms with E-state index in [1.807, 2.05) is 0 Å². The topological polar surface area (TPSA) is 78.4 Å². The van der Waals surface area contributed by atoms with Gasteiger partial charge in [-0.05, 0) is 42.9 Å². The normalized spacial score (nSPS) is 15.4. The van der Waals surface area contributed by atoms with Crippen molar-refractivity contribution in [2.75, 3.05) is 11.9 Å². The van der Waals surface area contributed by atoms with Crippen molar-refractivity contribution in [2.24, 2.45) is 5.41 Å². The molecular weight excluding hydrogens is 256 g/mol. The molecule has 1 aliphatic rings. The van der Waals surface area contributed by atoms with Crippen LogP contribution in [0.25, 0.3) is 0 Å². The van der Waals surface area contributed by atoms with E-state index in [-0.39, 0.29) is 11.6 Å². The maximum atomic E-state index is 11.8. The molecule has 0 atom stereocenters. The zero-order chi connectivity index (χ0) is 14.6. The Morgan fingerprint density at radius 2 is 2.10 bits per heavy atom. The number of carboxylic acid groups (broad SMARTS) is 1. The number of anilines is 1. The summed E-state index contributed by atoms with van der Waals surface area (Å²) in [6.45, 7) is 2.84. The van der Waals surface area contributed by atoms with Crippen LogP contribution in [-0.4, -0.2) is 23.7 Å². The van der Waals surface area contributed by atoms with Crippen LogP contribution in [0.2, 0.25) is 0 Å². The minimum absolute atomic E-state index is 0.160. The highest BCUT2D eigenvalue weighted by Crippen LogP contribution is 2.48. The van der Waals surface area contributed by atoms with Gasteiger partial charge in [0.15, 0.2) is 0 Å². The van der Waals surface area contributed by atoms with Gasteiger partial charge in [0.2, 0.25) is 0 Å². The molecule has 2 amide bonds. The Kier molecular flexibility index (Phi) is 4.27. The summed E-state index contributed by atoms with van der Waals surface area (Å²) in [5.41, 5.74) is 0.949. The van der Waals surface area contributed by atoms with Gasteiger partial charge >= 0.3 is 12.0 Å². The minimum Gasteiger partial charge on any atom is -0.478 e. The molecule has 0 aliphatic heterocycles. The zero-order valence-corrected chi connectivity index (χ0v) is 11.6. The lowest BCUT2D eigenvalue weighted by Crippen LogP contribution is -2.33. The minimum atomic E-state index is -1.01. The molecule has 0 heterocycles. The summed E-state index contributed by atoms with van der Waals surface area (Å²) >= 11 is 0. The molecule has 108 valence electrons. The van der Waals surface area contributed by atoms with Crippen molar-refractivity contribution in [2.45, 2.75) is 32.6 Å². The summed E-state index contributed by atoms with van der Waals surface area (Å²) in [6.07, 6.45) is 4.62. The van der Waals surface area contributed by atoms with E-state index in [9.17, 15) is 9.59 Å². The van der Waals surface area contributed by atoms with E-state index in [2.05, 4.69) is 17.6 Å². The number of rotatable bonds is 6. The third kappa shape index (κ3) is 3.73. The molecule has 0 aromatic heterocycles. The maximum absolute atomic E-state index is 11.8. The van der Waals surface area contributed by atoms with Crippen LogP contribution < -0.4 is 10.6 Å². The van der Waals surface area contributed by atoms with Crippen LogP contribution in [-0.2, 0) is 0 Å². The fourth-order valence-corrected chi connectivity index (χ4v) is 2.40. The Bertz CT molecular complexity index is 510. The summed E-state index contributed by atoms with van der Waals surface area (Å²) in [5.74, 6) is -1.01. The van der Waals surface area contributed by atoms with Crippen LogP contribution >= 0.6 is 0 Å². The van der Waals surface area contributed by atoms with Crippen LogP contribution in [0.5, 0.6) is 0 Å². The van der Waals surface area contributed by atoms with Crippen LogP contribution in [0.15, 0.2) is 24.3 Å². The molecule has 5 nitrogen and oxygen atoms in total. The van der Waals surface area contributed by atoms with E-state index in [1.54, 1.807) is 12.1 Å². The van der Waals surface area contributed by atoms with Gasteiger partial charge < -0.3 is 15.7 Å². The number of carbonyl (C=O) groups is 2. The van der Waals surface area contributed by atoms with Gasteiger partial charge in [-0.1, -0.05) is 19.4 Å². The van der Waals surface area contributed by atoms with Crippen LogP contribution in [0.1, 0.15) is 43.0 Å². The second kappa shape index (κ2) is 5.94. The van der Waals surface area contributed by atoms with Crippen molar-refractivity contribution in [3.63, 3.8) is 0 Å². The summed E-state index contributed by atoms with van der Waals surface area (Å²) in [7, 11) is 0. The Balaban J connectivity index is 1.85. The molecule has 1 aromatic rings. The number of nitrogens with one attached hydrogen (secondary N) is 2. The van der Waals surface area contributed by atoms with Crippen molar-refractivity contribution in [3.05, 3.63) is 29.8 Å². The number of carboxylic acids is 1. The first kappa shape index (κ1) is 14.4. The smallest absolute Gasteiger partial charge is 0.335 e. The molecule has 0 unspecified atom stereocenters. The van der Waals surface area contributed by atoms with Gasteiger partial charge in [0.1, 0.15) is 0 Å². The molecule has 0 saturated heterocycles. The van der Waals surface area contributed by atoms with E-state index in [0.717, 1.165) is 12.8 Å². The fourth-order valence-electron chi connectivity index (χ4n) is 2.40. The first-order chi connectivity index (χ1) is 9.54. The van der Waals surface area contributed by atoms with Gasteiger partial charge in [0, 0.05) is 12.2 Å². The highest BCUT2D eigenvalue weighted by atomic mass is 16.4. The molecule has 1 saturated carbocycles. The Morgan fingerprint density at radius 1 is 1.35 bits per heavy atom. The number of carbonyl (C=O) groups excluding carboxylic acids is 1. The number of hydrogen-bond acceptors (Lipinski definition) is 2. The molecule has 0 radical (unpaired) electrons. The zero-order valence-electron chi connectivity index (χ0n) is 11.6. The van der Waals surface area contributed by atoms with Crippen LogP contribution in [0.3, 0.4) is 0 Å². The fraction of sp³-hybridized carbons (Fsp3) is 0.467. The van der Waals surface area contributed by atoms with Crippen LogP contribution in [0.4, 0.5) is 10.5 Å². The summed E-state index contributed by atoms with van der Waals surface area (Å²) in [6, 6.07) is 5.94. The van der Waals surface area contributed by atoms with Crippen molar-refractivity contribution in [3.8, 4) is 0 Å². The van der Waals surface area contributed by atoms with Crippen molar-refractivity contribution in [1.82, 2.24) is 5.32 Å². The number of amides is 2. The molecule has 1 aromatic carbocycles. The van der Waals surface area contributed by atoms with Gasteiger partial charge in [-0.3, -0.25) is 0 Å². The van der Waals surface area contributed by atoms with E-state index >= 15 is 0 Å². The molecule has 0 bridgehead atoms. The third-order valence-corrected chi connectivity index (χ3v) is 3.73. The van der Waals surface area contributed by atoms with E-state index < -0.39 is 5.97 Å². The van der Waals surface area contributed by atoms with E-state index in [4.69, 9.17) is 5.11 Å². The Labute approximate surface area is 118 Å². The lowest BCUT2D eigenvalue weighted by atomic mass is 10.0. The monoisotopic (exact) mass is 276 g/mol. The second-order valence-electron chi connectivity index (χ2n) is 5.44. The van der Waals surface area contributed by atoms with Gasteiger partial charge in [0.25, 0.3) is 0 Å². The van der Waals surface area contributed by atoms with Gasteiger partial charge in [-0.25, -0.2) is 9.59 Å². The molecule has 1 fully saturated rings. The highest BCUT2D eigenvalue weighted by Gasteiger charge is 2.41. The standard InChI is InChI=1S/C15H20N2O3/c1-2-6-15(7-8-15)10-16-14(20)17-12-5-3-4-11(9-12)13(18)19/h3-5,9H,2,6-8,10H2,1H3,(H,18,19)(H2,16,17,20). The summed E-state index contributed by atoms with van der Waals surface area (Å²) < 4.78 is 0. The number of benzene rings is 1. The van der Waals surface area contributed by atoms with Crippen LogP contribution in [0, 0.1) is 5.41 Å². The number of aromatic carboxylic acids is 1. The van der Waals surface area contributed by atoms with Crippen molar-refractivity contribution >= 4 is 17.7 Å². The summed E-state index contributed by atoms with van der Waals surface area (Å²) in [4.78, 5) is 22.7. The van der Waals surface area contributed by atoms with E-state index in [1.165, 1.54) is 25.0 Å². The Morgan fingerprint density at radius 3 is 2.70 bits per heavy atom. The van der Waals surface area contributed by atoms with Gasteiger partial charge in [0.05, 0.1) is 5.56 Å². The molecule has 0 spiro atoms. The average Bonchev–Trinajstić information content (AvgIpc) is 3.17. The van der Waals surface area contributed by atoms with Gasteiger partial charge in [-0.15, -0.1) is 0 Å². The molecule has 2 rings (SSSR count). The summed E-state index contributed by atoms with van der Waals surface area (Å²) in [5, 5.41) is 14.4. The Hall–Kier alpha value is -2.04. The number of urea groups is 1.